The summed E-state index contributed by atoms with van der Waals surface area (Å²) in [6.07, 6.45) is 4.37. The summed E-state index contributed by atoms with van der Waals surface area (Å²) in [4.78, 5) is 18.0. The van der Waals surface area contributed by atoms with E-state index in [0.29, 0.717) is 12.8 Å². The highest BCUT2D eigenvalue weighted by Crippen LogP contribution is 2.32. The number of carbonyl (C=O) groups is 1. The van der Waals surface area contributed by atoms with E-state index in [9.17, 15) is 4.79 Å². The van der Waals surface area contributed by atoms with Crippen molar-refractivity contribution in [3.05, 3.63) is 27.6 Å². The molecule has 1 N–H and O–H groups in total. The van der Waals surface area contributed by atoms with Gasteiger partial charge in [0.25, 0.3) is 0 Å². The van der Waals surface area contributed by atoms with E-state index in [1.54, 1.807) is 11.3 Å². The second-order valence-corrected chi connectivity index (χ2v) is 7.17. The number of carbonyl (C=O) groups excluding carboxylic acids is 1. The molecule has 0 fully saturated rings. The number of aromatic nitrogens is 2. The Bertz CT molecular complexity index is 670. The lowest BCUT2D eigenvalue weighted by Crippen LogP contribution is -2.12. The Morgan fingerprint density at radius 1 is 1.45 bits per heavy atom. The topological polar surface area (TPSA) is 68.0 Å². The van der Waals surface area contributed by atoms with Crippen LogP contribution < -0.4 is 5.32 Å². The van der Waals surface area contributed by atoms with E-state index in [2.05, 4.69) is 22.4 Å². The van der Waals surface area contributed by atoms with Crippen LogP contribution in [0, 0.1) is 19.8 Å². The third-order valence-electron chi connectivity index (χ3n) is 4.22. The zero-order chi connectivity index (χ0) is 15.7. The van der Waals surface area contributed by atoms with Crippen molar-refractivity contribution in [3.8, 4) is 0 Å². The van der Waals surface area contributed by atoms with E-state index in [-0.39, 0.29) is 5.91 Å². The average Bonchev–Trinajstić information content (AvgIpc) is 3.00. The molecule has 6 heteroatoms. The smallest absolute Gasteiger partial charge is 0.226 e. The largest absolute Gasteiger partial charge is 0.361 e. The van der Waals surface area contributed by atoms with Gasteiger partial charge in [0, 0.05) is 16.9 Å². The molecule has 5 nitrogen and oxygen atoms in total. The molecule has 3 rings (SSSR count). The van der Waals surface area contributed by atoms with Crippen LogP contribution in [0.1, 0.15) is 47.4 Å². The zero-order valence-electron chi connectivity index (χ0n) is 13.2. The zero-order valence-corrected chi connectivity index (χ0v) is 14.0. The first kappa shape index (κ1) is 15.2. The molecule has 2 aromatic heterocycles. The second kappa shape index (κ2) is 6.20. The first-order valence-corrected chi connectivity index (χ1v) is 8.54. The average molecular weight is 319 g/mol. The number of nitrogens with zero attached hydrogens (tertiary/aromatic N) is 2. The Kier molecular flexibility index (Phi) is 4.29. The SMILES string of the molecule is Cc1noc(C)c1CCC(=O)Nc1nc2c(s1)C[C@@H](C)CC2. The minimum absolute atomic E-state index is 0.000791. The first-order chi connectivity index (χ1) is 10.5. The predicted octanol–water partition coefficient (Wildman–Crippen LogP) is 3.44. The predicted molar refractivity (Wildman–Crippen MR) is 86.2 cm³/mol. The maximum absolute atomic E-state index is 12.1. The van der Waals surface area contributed by atoms with Gasteiger partial charge in [-0.05, 0) is 45.4 Å². The Hall–Kier alpha value is -1.69. The maximum atomic E-state index is 12.1. The molecule has 0 bridgehead atoms. The monoisotopic (exact) mass is 319 g/mol. The standard InChI is InChI=1S/C16H21N3O2S/c1-9-4-6-13-14(8-9)22-16(17-13)18-15(20)7-5-12-10(2)19-21-11(12)3/h9H,4-8H2,1-3H3,(H,17,18,20)/t9-/m0/s1. The molecule has 2 aromatic rings. The molecule has 1 amide bonds. The molecule has 2 heterocycles. The fourth-order valence-corrected chi connectivity index (χ4v) is 4.06. The number of hydrogen-bond donors (Lipinski definition) is 1. The van der Waals surface area contributed by atoms with Gasteiger partial charge in [-0.2, -0.15) is 0 Å². The highest BCUT2D eigenvalue weighted by molar-refractivity contribution is 7.15. The summed E-state index contributed by atoms with van der Waals surface area (Å²) in [7, 11) is 0. The summed E-state index contributed by atoms with van der Waals surface area (Å²) in [5.74, 6) is 1.51. The van der Waals surface area contributed by atoms with Gasteiger partial charge in [0.1, 0.15) is 5.76 Å². The van der Waals surface area contributed by atoms with Crippen molar-refractivity contribution in [2.24, 2.45) is 5.92 Å². The Morgan fingerprint density at radius 2 is 2.27 bits per heavy atom. The number of fused-ring (bicyclic) bond motifs is 1. The van der Waals surface area contributed by atoms with Crippen molar-refractivity contribution in [2.75, 3.05) is 5.32 Å². The van der Waals surface area contributed by atoms with Gasteiger partial charge >= 0.3 is 0 Å². The molecule has 1 atom stereocenters. The summed E-state index contributed by atoms with van der Waals surface area (Å²) in [5, 5.41) is 7.58. The van der Waals surface area contributed by atoms with E-state index in [1.165, 1.54) is 17.0 Å². The molecule has 0 aliphatic heterocycles. The maximum Gasteiger partial charge on any atom is 0.226 e. The van der Waals surface area contributed by atoms with Crippen molar-refractivity contribution in [1.82, 2.24) is 10.1 Å². The van der Waals surface area contributed by atoms with Gasteiger partial charge in [-0.15, -0.1) is 11.3 Å². The number of nitrogens with one attached hydrogen (secondary N) is 1. The van der Waals surface area contributed by atoms with Gasteiger partial charge in [-0.25, -0.2) is 4.98 Å². The molecule has 118 valence electrons. The van der Waals surface area contributed by atoms with Crippen LogP contribution in [0.3, 0.4) is 0 Å². The Morgan fingerprint density at radius 3 is 3.00 bits per heavy atom. The molecule has 0 spiro atoms. The van der Waals surface area contributed by atoms with E-state index in [0.717, 1.165) is 40.9 Å². The summed E-state index contributed by atoms with van der Waals surface area (Å²) in [5.41, 5.74) is 3.07. The van der Waals surface area contributed by atoms with Crippen molar-refractivity contribution in [2.45, 2.75) is 52.9 Å². The normalized spacial score (nSPS) is 17.3. The van der Waals surface area contributed by atoms with Crippen molar-refractivity contribution in [1.29, 1.82) is 0 Å². The minimum atomic E-state index is -0.000791. The number of aryl methyl sites for hydroxylation is 3. The number of thiazole rings is 1. The summed E-state index contributed by atoms with van der Waals surface area (Å²) in [6, 6.07) is 0. The van der Waals surface area contributed by atoms with Crippen LogP contribution in [0.2, 0.25) is 0 Å². The van der Waals surface area contributed by atoms with Crippen LogP contribution in [-0.2, 0) is 24.1 Å². The fraction of sp³-hybridized carbons (Fsp3) is 0.562. The van der Waals surface area contributed by atoms with Crippen molar-refractivity contribution >= 4 is 22.4 Å². The van der Waals surface area contributed by atoms with Gasteiger partial charge in [0.2, 0.25) is 5.91 Å². The lowest BCUT2D eigenvalue weighted by molar-refractivity contribution is -0.116. The first-order valence-electron chi connectivity index (χ1n) is 7.73. The third kappa shape index (κ3) is 3.21. The second-order valence-electron chi connectivity index (χ2n) is 6.09. The van der Waals surface area contributed by atoms with Crippen molar-refractivity contribution in [3.63, 3.8) is 0 Å². The molecule has 0 saturated heterocycles. The molecule has 1 aliphatic rings. The molecule has 0 saturated carbocycles. The van der Waals surface area contributed by atoms with Gasteiger partial charge in [-0.3, -0.25) is 4.79 Å². The Labute approximate surface area is 134 Å². The molecule has 0 aromatic carbocycles. The third-order valence-corrected chi connectivity index (χ3v) is 5.25. The highest BCUT2D eigenvalue weighted by atomic mass is 32.1. The lowest BCUT2D eigenvalue weighted by Gasteiger charge is -2.15. The molecule has 22 heavy (non-hydrogen) atoms. The number of hydrogen-bond acceptors (Lipinski definition) is 5. The quantitative estimate of drug-likeness (QED) is 0.937. The summed E-state index contributed by atoms with van der Waals surface area (Å²) < 4.78 is 5.12. The number of amides is 1. The van der Waals surface area contributed by atoms with Gasteiger partial charge in [-0.1, -0.05) is 12.1 Å². The van der Waals surface area contributed by atoms with Crippen LogP contribution in [0.15, 0.2) is 4.52 Å². The molecular formula is C16H21N3O2S. The van der Waals surface area contributed by atoms with E-state index < -0.39 is 0 Å². The van der Waals surface area contributed by atoms with Crippen LogP contribution in [0.4, 0.5) is 5.13 Å². The van der Waals surface area contributed by atoms with Crippen LogP contribution in [-0.4, -0.2) is 16.0 Å². The van der Waals surface area contributed by atoms with Crippen molar-refractivity contribution < 1.29 is 9.32 Å². The van der Waals surface area contributed by atoms with E-state index >= 15 is 0 Å². The highest BCUT2D eigenvalue weighted by Gasteiger charge is 2.20. The van der Waals surface area contributed by atoms with Crippen LogP contribution in [0.25, 0.3) is 0 Å². The van der Waals surface area contributed by atoms with Crippen LogP contribution in [0.5, 0.6) is 0 Å². The fourth-order valence-electron chi connectivity index (χ4n) is 2.87. The molecule has 1 aliphatic carbocycles. The summed E-state index contributed by atoms with van der Waals surface area (Å²) in [6.45, 7) is 6.05. The molecule has 0 unspecified atom stereocenters. The summed E-state index contributed by atoms with van der Waals surface area (Å²) >= 11 is 1.62. The molecular weight excluding hydrogens is 298 g/mol. The lowest BCUT2D eigenvalue weighted by atomic mass is 9.93. The minimum Gasteiger partial charge on any atom is -0.361 e. The number of rotatable bonds is 4. The van der Waals surface area contributed by atoms with Gasteiger partial charge in [0.15, 0.2) is 5.13 Å². The van der Waals surface area contributed by atoms with Gasteiger partial charge in [0.05, 0.1) is 11.4 Å². The molecule has 0 radical (unpaired) electrons. The van der Waals surface area contributed by atoms with Crippen LogP contribution >= 0.6 is 11.3 Å². The van der Waals surface area contributed by atoms with E-state index in [4.69, 9.17) is 4.52 Å². The number of anilines is 1. The van der Waals surface area contributed by atoms with Gasteiger partial charge < -0.3 is 9.84 Å². The van der Waals surface area contributed by atoms with E-state index in [1.807, 2.05) is 13.8 Å². The Balaban J connectivity index is 1.58.